The molecule has 0 aromatic carbocycles. The first kappa shape index (κ1) is 13.8. The van der Waals surface area contributed by atoms with Gasteiger partial charge in [0.25, 0.3) is 0 Å². The van der Waals surface area contributed by atoms with E-state index >= 15 is 0 Å². The number of halogens is 3. The first-order chi connectivity index (χ1) is 9.32. The highest BCUT2D eigenvalue weighted by atomic mass is 19.4. The molecule has 6 nitrogen and oxygen atoms in total. The fourth-order valence-corrected chi connectivity index (χ4v) is 1.47. The second kappa shape index (κ2) is 4.83. The van der Waals surface area contributed by atoms with Crippen LogP contribution in [0.15, 0.2) is 24.5 Å². The number of alkyl halides is 3. The van der Waals surface area contributed by atoms with Gasteiger partial charge in [0.15, 0.2) is 11.5 Å². The van der Waals surface area contributed by atoms with Crippen LogP contribution >= 0.6 is 0 Å². The molecule has 0 aliphatic rings. The van der Waals surface area contributed by atoms with E-state index < -0.39 is 17.8 Å². The number of rotatable bonds is 2. The Hall–Kier alpha value is -2.58. The van der Waals surface area contributed by atoms with Crippen LogP contribution in [-0.4, -0.2) is 27.8 Å². The lowest BCUT2D eigenvalue weighted by Crippen LogP contribution is -2.10. The van der Waals surface area contributed by atoms with Crippen LogP contribution in [0.2, 0.25) is 0 Å². The Labute approximate surface area is 111 Å². The lowest BCUT2D eigenvalue weighted by molar-refractivity contribution is -0.141. The van der Waals surface area contributed by atoms with E-state index in [4.69, 9.17) is 5.73 Å². The summed E-state index contributed by atoms with van der Waals surface area (Å²) in [6.45, 7) is 0. The smallest absolute Gasteiger partial charge is 0.435 e. The highest BCUT2D eigenvalue weighted by molar-refractivity contribution is 5.95. The number of nitrogens with zero attached hydrogens (tertiary/aromatic N) is 3. The van der Waals surface area contributed by atoms with Crippen LogP contribution in [0, 0.1) is 0 Å². The Morgan fingerprint density at radius 2 is 2.15 bits per heavy atom. The molecule has 0 amide bonds. The van der Waals surface area contributed by atoms with Gasteiger partial charge in [0.05, 0.1) is 24.6 Å². The van der Waals surface area contributed by atoms with Crippen molar-refractivity contribution in [1.82, 2.24) is 14.8 Å². The number of methoxy groups -OCH3 is 1. The highest BCUT2D eigenvalue weighted by Gasteiger charge is 2.33. The molecule has 0 aliphatic heterocycles. The van der Waals surface area contributed by atoms with Crippen LogP contribution in [0.25, 0.3) is 5.82 Å². The summed E-state index contributed by atoms with van der Waals surface area (Å²) >= 11 is 0. The standard InChI is InChI=1S/C11H9F3N4O2/c1-20-10(19)6-4-9(16-5-7(6)15)18-3-2-8(17-18)11(12,13)14/h2-5H,15H2,1H3. The number of carbonyl (C=O) groups is 1. The molecular formula is C11H9F3N4O2. The van der Waals surface area contributed by atoms with Crippen molar-refractivity contribution >= 4 is 11.7 Å². The SMILES string of the molecule is COC(=O)c1cc(-n2ccc(C(F)(F)F)n2)ncc1N. The molecule has 0 bridgehead atoms. The lowest BCUT2D eigenvalue weighted by Gasteiger charge is -2.06. The van der Waals surface area contributed by atoms with Crippen molar-refractivity contribution in [2.45, 2.75) is 6.18 Å². The molecule has 2 aromatic rings. The molecule has 106 valence electrons. The molecule has 0 unspecified atom stereocenters. The zero-order valence-corrected chi connectivity index (χ0v) is 10.2. The van der Waals surface area contributed by atoms with Gasteiger partial charge in [-0.25, -0.2) is 14.5 Å². The molecule has 0 saturated carbocycles. The molecule has 2 heterocycles. The van der Waals surface area contributed by atoms with Crippen molar-refractivity contribution in [1.29, 1.82) is 0 Å². The quantitative estimate of drug-likeness (QED) is 0.849. The molecule has 0 fully saturated rings. The van der Waals surface area contributed by atoms with Gasteiger partial charge in [0.2, 0.25) is 0 Å². The van der Waals surface area contributed by atoms with Gasteiger partial charge in [-0.05, 0) is 12.1 Å². The van der Waals surface area contributed by atoms with E-state index in [1.165, 1.54) is 6.07 Å². The van der Waals surface area contributed by atoms with Crippen molar-refractivity contribution in [3.8, 4) is 5.82 Å². The van der Waals surface area contributed by atoms with Crippen LogP contribution in [0.4, 0.5) is 18.9 Å². The van der Waals surface area contributed by atoms with Crippen LogP contribution < -0.4 is 5.73 Å². The van der Waals surface area contributed by atoms with E-state index in [1.54, 1.807) is 0 Å². The van der Waals surface area contributed by atoms with Crippen LogP contribution in [-0.2, 0) is 10.9 Å². The topological polar surface area (TPSA) is 83.0 Å². The number of hydrogen-bond donors (Lipinski definition) is 1. The Morgan fingerprint density at radius 3 is 2.70 bits per heavy atom. The Morgan fingerprint density at radius 1 is 1.45 bits per heavy atom. The maximum absolute atomic E-state index is 12.5. The zero-order chi connectivity index (χ0) is 14.9. The van der Waals surface area contributed by atoms with Gasteiger partial charge >= 0.3 is 12.1 Å². The molecule has 0 aliphatic carbocycles. The van der Waals surface area contributed by atoms with Gasteiger partial charge < -0.3 is 10.5 Å². The Balaban J connectivity index is 2.43. The molecule has 0 spiro atoms. The van der Waals surface area contributed by atoms with Gasteiger partial charge in [-0.2, -0.15) is 18.3 Å². The number of nitrogen functional groups attached to an aromatic ring is 1. The van der Waals surface area contributed by atoms with Gasteiger partial charge in [-0.15, -0.1) is 0 Å². The minimum Gasteiger partial charge on any atom is -0.465 e. The number of pyridine rings is 1. The number of aromatic nitrogens is 3. The first-order valence-corrected chi connectivity index (χ1v) is 5.30. The van der Waals surface area contributed by atoms with Crippen molar-refractivity contribution < 1.29 is 22.7 Å². The molecule has 2 N–H and O–H groups in total. The van der Waals surface area contributed by atoms with Crippen molar-refractivity contribution in [3.63, 3.8) is 0 Å². The maximum atomic E-state index is 12.5. The van der Waals surface area contributed by atoms with Gasteiger partial charge in [-0.3, -0.25) is 0 Å². The Bertz CT molecular complexity index is 651. The fourth-order valence-electron chi connectivity index (χ4n) is 1.47. The molecule has 2 rings (SSSR count). The van der Waals surface area contributed by atoms with Gasteiger partial charge in [0.1, 0.15) is 0 Å². The number of anilines is 1. The molecular weight excluding hydrogens is 277 g/mol. The van der Waals surface area contributed by atoms with Crippen LogP contribution in [0.3, 0.4) is 0 Å². The highest BCUT2D eigenvalue weighted by Crippen LogP contribution is 2.27. The van der Waals surface area contributed by atoms with Crippen LogP contribution in [0.1, 0.15) is 16.1 Å². The van der Waals surface area contributed by atoms with Crippen LogP contribution in [0.5, 0.6) is 0 Å². The van der Waals surface area contributed by atoms with Crippen molar-refractivity contribution in [2.75, 3.05) is 12.8 Å². The van der Waals surface area contributed by atoms with E-state index in [-0.39, 0.29) is 17.1 Å². The number of ether oxygens (including phenoxy) is 1. The maximum Gasteiger partial charge on any atom is 0.435 e. The third-order valence-electron chi connectivity index (χ3n) is 2.44. The first-order valence-electron chi connectivity index (χ1n) is 5.30. The number of carbonyl (C=O) groups excluding carboxylic acids is 1. The minimum absolute atomic E-state index is 0.00144. The number of hydrogen-bond acceptors (Lipinski definition) is 5. The summed E-state index contributed by atoms with van der Waals surface area (Å²) in [5.74, 6) is -0.690. The van der Waals surface area contributed by atoms with Crippen molar-refractivity contribution in [2.24, 2.45) is 0 Å². The largest absolute Gasteiger partial charge is 0.465 e. The summed E-state index contributed by atoms with van der Waals surface area (Å²) in [5.41, 5.74) is 4.55. The monoisotopic (exact) mass is 286 g/mol. The summed E-state index contributed by atoms with van der Waals surface area (Å²) in [6, 6.07) is 2.00. The van der Waals surface area contributed by atoms with E-state index in [1.807, 2.05) is 0 Å². The summed E-state index contributed by atoms with van der Waals surface area (Å²) in [7, 11) is 1.16. The predicted octanol–water partition coefficient (Wildman–Crippen LogP) is 1.65. The van der Waals surface area contributed by atoms with Crippen molar-refractivity contribution in [3.05, 3.63) is 35.8 Å². The van der Waals surface area contributed by atoms with Gasteiger partial charge in [-0.1, -0.05) is 0 Å². The van der Waals surface area contributed by atoms with E-state index in [0.29, 0.717) is 0 Å². The zero-order valence-electron chi connectivity index (χ0n) is 10.2. The normalized spacial score (nSPS) is 11.4. The molecule has 0 atom stereocenters. The number of esters is 1. The molecule has 9 heteroatoms. The summed E-state index contributed by atoms with van der Waals surface area (Å²) in [6.07, 6.45) is -2.32. The second-order valence-electron chi connectivity index (χ2n) is 3.76. The third kappa shape index (κ3) is 2.56. The average Bonchev–Trinajstić information content (AvgIpc) is 2.88. The molecule has 20 heavy (non-hydrogen) atoms. The lowest BCUT2D eigenvalue weighted by atomic mass is 10.2. The molecule has 2 aromatic heterocycles. The van der Waals surface area contributed by atoms with E-state index in [9.17, 15) is 18.0 Å². The fraction of sp³-hybridized carbons (Fsp3) is 0.182. The summed E-state index contributed by atoms with van der Waals surface area (Å²) in [4.78, 5) is 15.3. The summed E-state index contributed by atoms with van der Waals surface area (Å²) in [5, 5.41) is 3.34. The predicted molar refractivity (Wildman–Crippen MR) is 62.1 cm³/mol. The Kier molecular flexibility index (Phi) is 3.35. The average molecular weight is 286 g/mol. The molecule has 0 saturated heterocycles. The summed E-state index contributed by atoms with van der Waals surface area (Å²) < 4.78 is 42.8. The van der Waals surface area contributed by atoms with Gasteiger partial charge in [0, 0.05) is 6.20 Å². The second-order valence-corrected chi connectivity index (χ2v) is 3.76. The third-order valence-corrected chi connectivity index (χ3v) is 2.44. The van der Waals surface area contributed by atoms with E-state index in [2.05, 4.69) is 14.8 Å². The van der Waals surface area contributed by atoms with E-state index in [0.717, 1.165) is 30.3 Å². The minimum atomic E-state index is -4.55. The molecule has 0 radical (unpaired) electrons. The number of nitrogens with two attached hydrogens (primary N) is 1.